The van der Waals surface area contributed by atoms with E-state index >= 15 is 0 Å². The van der Waals surface area contributed by atoms with Gasteiger partial charge in [0.2, 0.25) is 22.7 Å². The van der Waals surface area contributed by atoms with Crippen molar-refractivity contribution in [3.8, 4) is 11.5 Å². The molecule has 1 atom stereocenters. The maximum atomic E-state index is 13.3. The molecule has 0 N–H and O–H groups in total. The second-order valence-corrected chi connectivity index (χ2v) is 10.8. The Hall–Kier alpha value is -2.62. The monoisotopic (exact) mass is 471 g/mol. The van der Waals surface area contributed by atoms with E-state index in [4.69, 9.17) is 9.47 Å². The van der Waals surface area contributed by atoms with Crippen molar-refractivity contribution in [1.29, 1.82) is 0 Å². The van der Waals surface area contributed by atoms with E-state index in [1.54, 1.807) is 27.4 Å². The molecule has 0 aliphatic carbocycles. The molecule has 3 aliphatic rings. The van der Waals surface area contributed by atoms with Crippen LogP contribution in [0.25, 0.3) is 0 Å². The van der Waals surface area contributed by atoms with E-state index in [2.05, 4.69) is 4.90 Å². The van der Waals surface area contributed by atoms with Crippen LogP contribution in [0.2, 0.25) is 0 Å². The Labute approximate surface area is 194 Å². The quantitative estimate of drug-likeness (QED) is 0.667. The minimum absolute atomic E-state index is 0.0464. The number of carbonyl (C=O) groups is 1. The SMILES string of the molecule is CCC(=O)N1c2ccc(S(=O)(=O)N3CCN(Cc4ccc5c(c4)OCO5)CC3)cc2CC1C. The highest BCUT2D eigenvalue weighted by molar-refractivity contribution is 7.89. The van der Waals surface area contributed by atoms with Crippen molar-refractivity contribution in [3.63, 3.8) is 0 Å². The van der Waals surface area contributed by atoms with Gasteiger partial charge in [0, 0.05) is 50.9 Å². The molecule has 1 saturated heterocycles. The molecule has 0 radical (unpaired) electrons. The first kappa shape index (κ1) is 22.2. The van der Waals surface area contributed by atoms with Crippen molar-refractivity contribution in [2.24, 2.45) is 0 Å². The number of nitrogens with zero attached hydrogens (tertiary/aromatic N) is 3. The molecule has 3 heterocycles. The molecule has 0 aromatic heterocycles. The van der Waals surface area contributed by atoms with Gasteiger partial charge in [-0.1, -0.05) is 13.0 Å². The molecule has 2 aromatic rings. The minimum atomic E-state index is -3.58. The Morgan fingerprint density at radius 3 is 2.55 bits per heavy atom. The number of anilines is 1. The fraction of sp³-hybridized carbons (Fsp3) is 0.458. The molecular weight excluding hydrogens is 442 g/mol. The van der Waals surface area contributed by atoms with E-state index in [1.807, 2.05) is 32.0 Å². The van der Waals surface area contributed by atoms with Crippen molar-refractivity contribution >= 4 is 21.6 Å². The van der Waals surface area contributed by atoms with Gasteiger partial charge in [-0.3, -0.25) is 9.69 Å². The van der Waals surface area contributed by atoms with Crippen molar-refractivity contribution in [2.75, 3.05) is 37.9 Å². The second-order valence-electron chi connectivity index (χ2n) is 8.83. The molecule has 2 aromatic carbocycles. The third-order valence-electron chi connectivity index (χ3n) is 6.65. The maximum absolute atomic E-state index is 13.3. The third kappa shape index (κ3) is 4.09. The lowest BCUT2D eigenvalue weighted by molar-refractivity contribution is -0.118. The van der Waals surface area contributed by atoms with E-state index in [-0.39, 0.29) is 18.7 Å². The highest BCUT2D eigenvalue weighted by Crippen LogP contribution is 2.35. The first-order valence-corrected chi connectivity index (χ1v) is 12.9. The zero-order valence-electron chi connectivity index (χ0n) is 19.0. The summed E-state index contributed by atoms with van der Waals surface area (Å²) >= 11 is 0. The molecule has 3 aliphatic heterocycles. The van der Waals surface area contributed by atoms with Crippen LogP contribution in [0.15, 0.2) is 41.3 Å². The summed E-state index contributed by atoms with van der Waals surface area (Å²) in [7, 11) is -3.58. The number of sulfonamides is 1. The fourth-order valence-electron chi connectivity index (χ4n) is 4.89. The van der Waals surface area contributed by atoms with E-state index in [9.17, 15) is 13.2 Å². The van der Waals surface area contributed by atoms with Crippen molar-refractivity contribution < 1.29 is 22.7 Å². The van der Waals surface area contributed by atoms with Crippen LogP contribution in [0.4, 0.5) is 5.69 Å². The lowest BCUT2D eigenvalue weighted by atomic mass is 10.1. The minimum Gasteiger partial charge on any atom is -0.454 e. The molecule has 1 amide bonds. The molecule has 0 spiro atoms. The lowest BCUT2D eigenvalue weighted by Crippen LogP contribution is -2.48. The highest BCUT2D eigenvalue weighted by atomic mass is 32.2. The summed E-state index contributed by atoms with van der Waals surface area (Å²) in [5.74, 6) is 1.59. The number of rotatable bonds is 5. The maximum Gasteiger partial charge on any atom is 0.243 e. The van der Waals surface area contributed by atoms with Crippen LogP contribution >= 0.6 is 0 Å². The summed E-state index contributed by atoms with van der Waals surface area (Å²) in [6, 6.07) is 11.2. The Balaban J connectivity index is 1.25. The molecule has 1 fully saturated rings. The largest absolute Gasteiger partial charge is 0.454 e. The van der Waals surface area contributed by atoms with Gasteiger partial charge in [0.25, 0.3) is 0 Å². The van der Waals surface area contributed by atoms with Crippen LogP contribution in [0.3, 0.4) is 0 Å². The molecule has 8 nitrogen and oxygen atoms in total. The van der Waals surface area contributed by atoms with Crippen molar-refractivity contribution in [3.05, 3.63) is 47.5 Å². The van der Waals surface area contributed by atoms with Crippen LogP contribution in [0.5, 0.6) is 11.5 Å². The number of carbonyl (C=O) groups excluding carboxylic acids is 1. The molecule has 5 rings (SSSR count). The Bertz CT molecular complexity index is 1170. The van der Waals surface area contributed by atoms with E-state index < -0.39 is 10.0 Å². The van der Waals surface area contributed by atoms with Gasteiger partial charge in [0.05, 0.1) is 4.90 Å². The zero-order chi connectivity index (χ0) is 23.2. The zero-order valence-corrected chi connectivity index (χ0v) is 19.8. The first-order valence-electron chi connectivity index (χ1n) is 11.4. The molecule has 176 valence electrons. The van der Waals surface area contributed by atoms with Gasteiger partial charge >= 0.3 is 0 Å². The van der Waals surface area contributed by atoms with Gasteiger partial charge in [-0.25, -0.2) is 8.42 Å². The summed E-state index contributed by atoms with van der Waals surface area (Å²) in [5.41, 5.74) is 2.88. The number of fused-ring (bicyclic) bond motifs is 2. The summed E-state index contributed by atoms with van der Waals surface area (Å²) < 4.78 is 39.0. The molecular formula is C24H29N3O5S. The average Bonchev–Trinajstić information content (AvgIpc) is 3.41. The predicted octanol–water partition coefficient (Wildman–Crippen LogP) is 2.61. The number of benzene rings is 2. The smallest absolute Gasteiger partial charge is 0.243 e. The van der Waals surface area contributed by atoms with Gasteiger partial charge in [0.1, 0.15) is 0 Å². The van der Waals surface area contributed by atoms with Crippen molar-refractivity contribution in [2.45, 2.75) is 44.2 Å². The molecule has 9 heteroatoms. The normalized spacial score (nSPS) is 20.8. The summed E-state index contributed by atoms with van der Waals surface area (Å²) in [6.45, 7) is 7.05. The number of hydrogen-bond donors (Lipinski definition) is 0. The Morgan fingerprint density at radius 1 is 1.03 bits per heavy atom. The van der Waals surface area contributed by atoms with E-state index in [0.29, 0.717) is 43.9 Å². The van der Waals surface area contributed by atoms with Gasteiger partial charge in [0.15, 0.2) is 11.5 Å². The second kappa shape index (κ2) is 8.62. The number of hydrogen-bond acceptors (Lipinski definition) is 6. The van der Waals surface area contributed by atoms with Crippen molar-refractivity contribution in [1.82, 2.24) is 9.21 Å². The average molecular weight is 472 g/mol. The van der Waals surface area contributed by atoms with Crippen LogP contribution in [-0.2, 0) is 27.8 Å². The molecule has 0 bridgehead atoms. The molecule has 33 heavy (non-hydrogen) atoms. The predicted molar refractivity (Wildman–Crippen MR) is 124 cm³/mol. The highest BCUT2D eigenvalue weighted by Gasteiger charge is 2.33. The third-order valence-corrected chi connectivity index (χ3v) is 8.54. The van der Waals surface area contributed by atoms with E-state index in [1.165, 1.54) is 0 Å². The van der Waals surface area contributed by atoms with Gasteiger partial charge < -0.3 is 14.4 Å². The lowest BCUT2D eigenvalue weighted by Gasteiger charge is -2.34. The molecule has 1 unspecified atom stereocenters. The number of piperazine rings is 1. The van der Waals surface area contributed by atoms with Gasteiger partial charge in [-0.05, 0) is 54.8 Å². The fourth-order valence-corrected chi connectivity index (χ4v) is 6.37. The summed E-state index contributed by atoms with van der Waals surface area (Å²) in [5, 5.41) is 0. The first-order chi connectivity index (χ1) is 15.9. The Morgan fingerprint density at radius 2 is 1.79 bits per heavy atom. The summed E-state index contributed by atoms with van der Waals surface area (Å²) in [4.78, 5) is 16.7. The van der Waals surface area contributed by atoms with Crippen LogP contribution in [0.1, 0.15) is 31.4 Å². The van der Waals surface area contributed by atoms with Crippen LogP contribution in [-0.4, -0.2) is 62.5 Å². The van der Waals surface area contributed by atoms with Gasteiger partial charge in [-0.2, -0.15) is 4.31 Å². The number of amides is 1. The van der Waals surface area contributed by atoms with Crippen LogP contribution < -0.4 is 14.4 Å². The summed E-state index contributed by atoms with van der Waals surface area (Å²) in [6.07, 6.45) is 1.11. The van der Waals surface area contributed by atoms with Crippen LogP contribution in [0, 0.1) is 0 Å². The Kier molecular flexibility index (Phi) is 5.80. The standard InChI is InChI=1S/C24H29N3O5S/c1-3-24(28)27-17(2)12-19-14-20(5-6-21(19)27)33(29,30)26-10-8-25(9-11-26)15-18-4-7-22-23(13-18)32-16-31-22/h4-7,13-14,17H,3,8-12,15-16H2,1-2H3. The molecule has 0 saturated carbocycles. The van der Waals surface area contributed by atoms with E-state index in [0.717, 1.165) is 34.9 Å². The number of ether oxygens (including phenoxy) is 2. The topological polar surface area (TPSA) is 79.4 Å². The van der Waals surface area contributed by atoms with Gasteiger partial charge in [-0.15, -0.1) is 0 Å².